The van der Waals surface area contributed by atoms with Crippen LogP contribution in [0.1, 0.15) is 0 Å². The van der Waals surface area contributed by atoms with E-state index in [0.717, 1.165) is 0 Å². The molecule has 0 saturated heterocycles. The van der Waals surface area contributed by atoms with Crippen LogP contribution < -0.4 is 5.11 Å². The van der Waals surface area contributed by atoms with Gasteiger partial charge in [0.2, 0.25) is 0 Å². The fourth-order valence-electron chi connectivity index (χ4n) is 0. The molecular formula is C4H15O14Pu-. The number of rotatable bonds is 0. The number of carboxylic acid groups (broad SMARTS) is 4. The summed E-state index contributed by atoms with van der Waals surface area (Å²) in [7, 11) is 0. The average Bonchev–Trinajstić information content (AvgIpc) is 1.88. The van der Waals surface area contributed by atoms with Gasteiger partial charge in [0.25, 0.3) is 0 Å². The van der Waals surface area contributed by atoms with Crippen molar-refractivity contribution in [1.29, 1.82) is 0 Å². The van der Waals surface area contributed by atoms with Gasteiger partial charge >= 0.3 is 17.9 Å². The molecule has 0 rings (SSSR count). The molecule has 0 aliphatic rings. The van der Waals surface area contributed by atoms with E-state index in [-0.39, 0.29) is 62.0 Å². The maximum absolute atomic E-state index is 9.10. The van der Waals surface area contributed by atoms with Crippen LogP contribution in [-0.4, -0.2) is 72.1 Å². The molecule has 0 aliphatic heterocycles. The summed E-state index contributed by atoms with van der Waals surface area (Å²) in [6, 6.07) is 0. The van der Waals surface area contributed by atoms with Crippen LogP contribution in [0.5, 0.6) is 0 Å². The maximum Gasteiger partial charge on any atom is 0.414 e. The first-order valence-corrected chi connectivity index (χ1v) is 2.19. The van der Waals surface area contributed by atoms with Gasteiger partial charge in [-0.2, -0.15) is 0 Å². The first kappa shape index (κ1) is 65.5. The maximum atomic E-state index is 9.10. The van der Waals surface area contributed by atoms with Gasteiger partial charge in [0, 0.05) is 29.2 Å². The van der Waals surface area contributed by atoms with E-state index in [1.165, 1.54) is 0 Å². The van der Waals surface area contributed by atoms with E-state index < -0.39 is 23.9 Å². The van der Waals surface area contributed by atoms with Gasteiger partial charge in [0.15, 0.2) is 5.97 Å². The Morgan fingerprint density at radius 3 is 0.684 bits per heavy atom. The van der Waals surface area contributed by atoms with Crippen LogP contribution in [0, 0.1) is 29.2 Å². The minimum atomic E-state index is -2.07. The van der Waals surface area contributed by atoms with E-state index in [9.17, 15) is 0 Å². The molecule has 0 atom stereocenters. The van der Waals surface area contributed by atoms with Crippen LogP contribution in [0.4, 0.5) is 0 Å². The largest absolute Gasteiger partial charge is 0.539 e. The average molecular weight is 531 g/mol. The standard InChI is InChI=1S/2C2H2O4.6H2O.Pu/c2*3-1(4)2(5)6;;;;;;;/h2*(H,3,4)(H,5,6);6*1H2;/p-1. The molecule has 19 heavy (non-hydrogen) atoms. The second kappa shape index (κ2) is 36.0. The fourth-order valence-corrected chi connectivity index (χ4v) is 0. The Hall–Kier alpha value is -1.37. The second-order valence-corrected chi connectivity index (χ2v) is 1.20. The summed E-state index contributed by atoms with van der Waals surface area (Å²) in [5, 5.41) is 31.1. The molecule has 0 aromatic heterocycles. The van der Waals surface area contributed by atoms with E-state index in [1.807, 2.05) is 0 Å². The van der Waals surface area contributed by atoms with Crippen molar-refractivity contribution < 1.29 is 102 Å². The minimum absolute atomic E-state index is 0. The Morgan fingerprint density at radius 2 is 0.684 bits per heavy atom. The zero-order valence-corrected chi connectivity index (χ0v) is 12.2. The quantitative estimate of drug-likeness (QED) is 0.251. The Bertz CT molecular complexity index is 175. The molecule has 15 N–H and O–H groups in total. The van der Waals surface area contributed by atoms with Crippen molar-refractivity contribution in [1.82, 2.24) is 0 Å². The molecule has 0 bridgehead atoms. The summed E-state index contributed by atoms with van der Waals surface area (Å²) in [4.78, 5) is 36.2. The first-order valence-electron chi connectivity index (χ1n) is 2.19. The molecule has 0 spiro atoms. The number of hydrogen-bond acceptors (Lipinski definition) is 5. The molecule has 14 nitrogen and oxygen atoms in total. The van der Waals surface area contributed by atoms with Crippen LogP contribution >= 0.6 is 0 Å². The summed E-state index contributed by atoms with van der Waals surface area (Å²) in [6.07, 6.45) is 0. The molecule has 0 saturated carbocycles. The molecule has 0 heterocycles. The van der Waals surface area contributed by atoms with E-state index in [4.69, 9.17) is 39.6 Å². The molecule has 0 unspecified atom stereocenters. The Morgan fingerprint density at radius 1 is 0.579 bits per heavy atom. The predicted molar refractivity (Wildman–Crippen MR) is 49.6 cm³/mol. The van der Waals surface area contributed by atoms with Crippen LogP contribution in [0.2, 0.25) is 0 Å². The Balaban J connectivity index is -0.0000000110. The van der Waals surface area contributed by atoms with Crippen LogP contribution in [-0.2, 0) is 19.2 Å². The molecule has 0 fully saturated rings. The monoisotopic (exact) mass is 525 g/mol. The van der Waals surface area contributed by atoms with Crippen molar-refractivity contribution in [2.75, 3.05) is 0 Å². The van der Waals surface area contributed by atoms with Gasteiger partial charge in [0.05, 0.1) is 0 Å². The van der Waals surface area contributed by atoms with Gasteiger partial charge < -0.3 is 58.1 Å². The minimum Gasteiger partial charge on any atom is -0.539 e. The van der Waals surface area contributed by atoms with Gasteiger partial charge in [0.1, 0.15) is 0 Å². The molecule has 0 radical (unpaired) electrons. The summed E-state index contributed by atoms with van der Waals surface area (Å²) in [6.45, 7) is 0. The third kappa shape index (κ3) is 81.0. The van der Waals surface area contributed by atoms with Crippen LogP contribution in [0.3, 0.4) is 0 Å². The van der Waals surface area contributed by atoms with Crippen molar-refractivity contribution in [3.63, 3.8) is 0 Å². The smallest absolute Gasteiger partial charge is 0.414 e. The third-order valence-electron chi connectivity index (χ3n) is 0.358. The van der Waals surface area contributed by atoms with E-state index in [1.54, 1.807) is 0 Å². The zero-order valence-electron chi connectivity index (χ0n) is 8.79. The third-order valence-corrected chi connectivity index (χ3v) is 0.358. The van der Waals surface area contributed by atoms with E-state index in [0.29, 0.717) is 0 Å². The normalized spacial score (nSPS) is 4.63. The number of aliphatic carboxylic acids is 4. The molecule has 0 aromatic rings. The number of carboxylic acids is 4. The van der Waals surface area contributed by atoms with Gasteiger partial charge in [-0.25, -0.2) is 14.4 Å². The van der Waals surface area contributed by atoms with Gasteiger partial charge in [-0.05, 0) is 0 Å². The molecule has 122 valence electrons. The molecule has 0 aromatic carbocycles. The van der Waals surface area contributed by atoms with Crippen molar-refractivity contribution in [2.24, 2.45) is 0 Å². The van der Waals surface area contributed by atoms with E-state index in [2.05, 4.69) is 0 Å². The van der Waals surface area contributed by atoms with Gasteiger partial charge in [-0.3, -0.25) is 0 Å². The van der Waals surface area contributed by atoms with E-state index >= 15 is 0 Å². The van der Waals surface area contributed by atoms with Crippen molar-refractivity contribution in [3.05, 3.63) is 0 Å². The zero-order chi connectivity index (χ0) is 10.3. The Labute approximate surface area is 126 Å². The summed E-state index contributed by atoms with van der Waals surface area (Å²) in [5.41, 5.74) is 0. The molecule has 15 heteroatoms. The van der Waals surface area contributed by atoms with Crippen LogP contribution in [0.25, 0.3) is 0 Å². The van der Waals surface area contributed by atoms with Crippen molar-refractivity contribution in [3.8, 4) is 0 Å². The van der Waals surface area contributed by atoms with Gasteiger partial charge in [-0.1, -0.05) is 0 Å². The molecule has 0 amide bonds. The summed E-state index contributed by atoms with van der Waals surface area (Å²) >= 11 is 0. The topological polar surface area (TPSA) is 341 Å². The molecular weight excluding hydrogens is 516 g/mol. The number of carbonyl (C=O) groups is 4. The Kier molecular flexibility index (Phi) is 124. The SMILES string of the molecule is O.O.O.O.O.O.O=C(O)C(=O)O.O=C([O-])C(=O)O.[Pu]. The predicted octanol–water partition coefficient (Wildman–Crippen LogP) is -7.97. The summed E-state index contributed by atoms with van der Waals surface area (Å²) in [5.74, 6) is -7.66. The number of hydrogen-bond donors (Lipinski definition) is 3. The number of carbonyl (C=O) groups excluding carboxylic acids is 1. The van der Waals surface area contributed by atoms with Gasteiger partial charge in [-0.15, -0.1) is 0 Å². The first-order chi connectivity index (χ1) is 5.29. The van der Waals surface area contributed by atoms with Crippen LogP contribution in [0.15, 0.2) is 0 Å². The summed E-state index contributed by atoms with van der Waals surface area (Å²) < 4.78 is 0. The molecule has 0 aliphatic carbocycles. The van der Waals surface area contributed by atoms with Crippen molar-refractivity contribution in [2.45, 2.75) is 0 Å². The van der Waals surface area contributed by atoms with Crippen molar-refractivity contribution >= 4 is 23.9 Å². The fraction of sp³-hybridized carbons (Fsp3) is 0. The second-order valence-electron chi connectivity index (χ2n) is 1.20.